The number of benzene rings is 4. The first-order chi connectivity index (χ1) is 22.8. The summed E-state index contributed by atoms with van der Waals surface area (Å²) in [6.45, 7) is 1.36. The van der Waals surface area contributed by atoms with Crippen LogP contribution in [0.4, 0.5) is 18.9 Å². The number of rotatable bonds is 8. The van der Waals surface area contributed by atoms with Crippen molar-refractivity contribution >= 4 is 44.2 Å². The Morgan fingerprint density at radius 3 is 1.96 bits per heavy atom. The van der Waals surface area contributed by atoms with E-state index in [-0.39, 0.29) is 43.6 Å². The van der Waals surface area contributed by atoms with E-state index < -0.39 is 45.1 Å². The van der Waals surface area contributed by atoms with E-state index in [0.717, 1.165) is 31.4 Å². The Balaban J connectivity index is 1.68. The molecule has 1 aliphatic heterocycles. The minimum absolute atomic E-state index is 0.0287. The van der Waals surface area contributed by atoms with E-state index in [1.165, 1.54) is 60.7 Å². The maximum Gasteiger partial charge on any atom is 0.416 e. The molecule has 0 atom stereocenters. The number of alkyl halides is 3. The lowest BCUT2D eigenvalue weighted by Crippen LogP contribution is -2.29. The van der Waals surface area contributed by atoms with E-state index in [0.29, 0.717) is 28.8 Å². The smallest absolute Gasteiger partial charge is 0.372 e. The van der Waals surface area contributed by atoms with E-state index in [2.05, 4.69) is 0 Å². The maximum atomic E-state index is 14.8. The number of hydrogen-bond acceptors (Lipinski definition) is 6. The number of halogens is 3. The van der Waals surface area contributed by atoms with Crippen LogP contribution in [0.1, 0.15) is 61.6 Å². The van der Waals surface area contributed by atoms with Gasteiger partial charge < -0.3 is 16.4 Å². The predicted octanol–water partition coefficient (Wildman–Crippen LogP) is 5.98. The number of piperidine rings is 1. The molecule has 1 aromatic heterocycles. The van der Waals surface area contributed by atoms with Gasteiger partial charge in [0.05, 0.1) is 16.0 Å². The second kappa shape index (κ2) is 12.3. The zero-order valence-corrected chi connectivity index (χ0v) is 26.1. The Hall–Kier alpha value is -5.43. The minimum atomic E-state index is -4.80. The van der Waals surface area contributed by atoms with Crippen molar-refractivity contribution in [1.82, 2.24) is 3.97 Å². The number of hydrogen-bond donors (Lipinski definition) is 2. The molecule has 4 aromatic carbocycles. The molecule has 0 bridgehead atoms. The van der Waals surface area contributed by atoms with Gasteiger partial charge in [-0.05, 0) is 79.4 Å². The molecular weight excluding hydrogens is 645 g/mol. The summed E-state index contributed by atoms with van der Waals surface area (Å²) >= 11 is 0. The van der Waals surface area contributed by atoms with Crippen molar-refractivity contribution in [1.29, 1.82) is 0 Å². The van der Waals surface area contributed by atoms with Crippen molar-refractivity contribution in [2.45, 2.75) is 30.3 Å². The largest absolute Gasteiger partial charge is 0.416 e. The first-order valence-corrected chi connectivity index (χ1v) is 16.4. The molecule has 13 heteroatoms. The highest BCUT2D eigenvalue weighted by atomic mass is 32.2. The van der Waals surface area contributed by atoms with Gasteiger partial charge in [0.2, 0.25) is 17.6 Å². The van der Waals surface area contributed by atoms with Crippen LogP contribution in [0.15, 0.2) is 95.9 Å². The Morgan fingerprint density at radius 2 is 1.35 bits per heavy atom. The van der Waals surface area contributed by atoms with Gasteiger partial charge >= 0.3 is 6.18 Å². The van der Waals surface area contributed by atoms with Crippen molar-refractivity contribution in [2.75, 3.05) is 18.0 Å². The fourth-order valence-corrected chi connectivity index (χ4v) is 7.67. The summed E-state index contributed by atoms with van der Waals surface area (Å²) in [5.74, 6) is -2.71. The number of nitrogens with zero attached hydrogens (tertiary/aromatic N) is 2. The predicted molar refractivity (Wildman–Crippen MR) is 174 cm³/mol. The van der Waals surface area contributed by atoms with E-state index in [1.54, 1.807) is 12.1 Å². The topological polar surface area (TPSA) is 146 Å². The molecule has 6 rings (SSSR count). The van der Waals surface area contributed by atoms with Crippen LogP contribution in [0.3, 0.4) is 0 Å². The lowest BCUT2D eigenvalue weighted by atomic mass is 9.88. The average Bonchev–Trinajstić information content (AvgIpc) is 3.47. The van der Waals surface area contributed by atoms with E-state index in [1.807, 2.05) is 4.90 Å². The second-order valence-electron chi connectivity index (χ2n) is 11.4. The highest BCUT2D eigenvalue weighted by Crippen LogP contribution is 2.38. The Labute approximate surface area is 273 Å². The van der Waals surface area contributed by atoms with Gasteiger partial charge in [0.15, 0.2) is 0 Å². The number of carbonyl (C=O) groups is 3. The van der Waals surface area contributed by atoms with Crippen LogP contribution in [0.25, 0.3) is 22.0 Å². The van der Waals surface area contributed by atoms with Crippen molar-refractivity contribution in [2.24, 2.45) is 11.5 Å². The summed E-state index contributed by atoms with van der Waals surface area (Å²) in [4.78, 5) is 41.8. The Kier molecular flexibility index (Phi) is 8.33. The first-order valence-electron chi connectivity index (χ1n) is 15.0. The number of primary amides is 2. The summed E-state index contributed by atoms with van der Waals surface area (Å²) in [6.07, 6.45) is -1.99. The van der Waals surface area contributed by atoms with Gasteiger partial charge in [-0.1, -0.05) is 36.4 Å². The van der Waals surface area contributed by atoms with Crippen LogP contribution >= 0.6 is 0 Å². The molecule has 9 nitrogen and oxygen atoms in total. The number of fused-ring (bicyclic) bond motifs is 1. The van der Waals surface area contributed by atoms with Gasteiger partial charge in [-0.3, -0.25) is 14.4 Å². The molecule has 2 amide bonds. The van der Waals surface area contributed by atoms with E-state index in [4.69, 9.17) is 11.5 Å². The highest BCUT2D eigenvalue weighted by molar-refractivity contribution is 7.90. The van der Waals surface area contributed by atoms with Crippen LogP contribution in [-0.4, -0.2) is 43.1 Å². The van der Waals surface area contributed by atoms with Crippen LogP contribution in [-0.2, 0) is 16.2 Å². The van der Waals surface area contributed by atoms with Gasteiger partial charge in [-0.15, -0.1) is 0 Å². The molecule has 0 saturated carbocycles. The number of carbonyl (C=O) groups excluding carboxylic acids is 3. The van der Waals surface area contributed by atoms with Crippen molar-refractivity contribution in [3.8, 4) is 11.1 Å². The van der Waals surface area contributed by atoms with Crippen molar-refractivity contribution in [3.63, 3.8) is 0 Å². The Bertz CT molecular complexity index is 2170. The molecule has 1 aliphatic rings. The van der Waals surface area contributed by atoms with E-state index >= 15 is 0 Å². The van der Waals surface area contributed by atoms with Gasteiger partial charge in [0.25, 0.3) is 10.0 Å². The van der Waals surface area contributed by atoms with Crippen molar-refractivity contribution < 1.29 is 36.0 Å². The summed E-state index contributed by atoms with van der Waals surface area (Å²) < 4.78 is 70.6. The molecule has 0 unspecified atom stereocenters. The fourth-order valence-electron chi connectivity index (χ4n) is 6.15. The molecule has 1 saturated heterocycles. The van der Waals surface area contributed by atoms with Crippen LogP contribution in [0.5, 0.6) is 0 Å². The van der Waals surface area contributed by atoms with Crippen LogP contribution in [0, 0.1) is 0 Å². The van der Waals surface area contributed by atoms with Gasteiger partial charge in [0, 0.05) is 46.4 Å². The van der Waals surface area contributed by atoms with Crippen LogP contribution in [0.2, 0.25) is 0 Å². The second-order valence-corrected chi connectivity index (χ2v) is 13.2. The lowest BCUT2D eigenvalue weighted by Gasteiger charge is -2.29. The summed E-state index contributed by atoms with van der Waals surface area (Å²) in [5, 5.41) is 0.0648. The molecule has 0 spiro atoms. The number of amides is 2. The van der Waals surface area contributed by atoms with Crippen LogP contribution < -0.4 is 16.4 Å². The maximum absolute atomic E-state index is 14.8. The molecule has 1 fully saturated rings. The third-order valence-corrected chi connectivity index (χ3v) is 10.2. The molecule has 0 aliphatic carbocycles. The first kappa shape index (κ1) is 32.5. The monoisotopic (exact) mass is 674 g/mol. The van der Waals surface area contributed by atoms with Gasteiger partial charge in [-0.25, -0.2) is 12.4 Å². The minimum Gasteiger partial charge on any atom is -0.372 e. The summed E-state index contributed by atoms with van der Waals surface area (Å²) in [6, 6.07) is 19.8. The molecule has 2 heterocycles. The molecule has 5 aromatic rings. The zero-order valence-electron chi connectivity index (χ0n) is 25.3. The number of aromatic nitrogens is 1. The number of ketones is 1. The SMILES string of the molecule is NC(=O)c1cccc(C(N)=O)c1-c1ccc(N2CCCCC2)cc1C(=O)c1cc2ccc(C(F)(F)F)cc2n1S(=O)(=O)c1ccccc1. The third-order valence-electron chi connectivity index (χ3n) is 8.44. The molecular formula is C35H29F3N4O5S. The molecule has 0 radical (unpaired) electrons. The molecule has 4 N–H and O–H groups in total. The standard InChI is InChI=1S/C35H29F3N4O5S/c36-35(37,38)22-13-12-21-18-30(42(29(21)19-22)48(46,47)24-8-3-1-4-9-24)32(43)28-20-23(41-16-5-2-6-17-41)14-15-25(28)31-26(33(39)44)10-7-11-27(31)34(40)45/h1,3-4,7-15,18-20H,2,5-6,16-17H2,(H2,39,44)(H2,40,45). The fraction of sp³-hybridized carbons (Fsp3) is 0.171. The average molecular weight is 675 g/mol. The molecule has 246 valence electrons. The van der Waals surface area contributed by atoms with Crippen molar-refractivity contribution in [3.05, 3.63) is 119 Å². The zero-order chi connectivity index (χ0) is 34.4. The van der Waals surface area contributed by atoms with Gasteiger partial charge in [0.1, 0.15) is 5.69 Å². The quantitative estimate of drug-likeness (QED) is 0.194. The number of anilines is 1. The molecule has 48 heavy (non-hydrogen) atoms. The Morgan fingerprint density at radius 1 is 0.708 bits per heavy atom. The summed E-state index contributed by atoms with van der Waals surface area (Å²) in [5.41, 5.74) is 9.77. The van der Waals surface area contributed by atoms with Gasteiger partial charge in [-0.2, -0.15) is 13.2 Å². The normalized spacial score (nSPS) is 13.9. The highest BCUT2D eigenvalue weighted by Gasteiger charge is 2.34. The summed E-state index contributed by atoms with van der Waals surface area (Å²) in [7, 11) is -4.65. The number of nitrogens with two attached hydrogens (primary N) is 2. The lowest BCUT2D eigenvalue weighted by molar-refractivity contribution is -0.137. The van der Waals surface area contributed by atoms with E-state index in [9.17, 15) is 36.0 Å². The third kappa shape index (κ3) is 5.81.